The summed E-state index contributed by atoms with van der Waals surface area (Å²) >= 11 is 5.86. The Bertz CT molecular complexity index is 1150. The number of H-pyrrole nitrogens is 1. The number of ether oxygens (including phenoxy) is 1. The van der Waals surface area contributed by atoms with E-state index in [0.29, 0.717) is 16.3 Å². The molecule has 0 spiro atoms. The number of methoxy groups -OCH3 is 1. The van der Waals surface area contributed by atoms with Crippen LogP contribution in [0.25, 0.3) is 17.3 Å². The minimum atomic E-state index is -0.670. The molecule has 28 heavy (non-hydrogen) atoms. The summed E-state index contributed by atoms with van der Waals surface area (Å²) in [6.07, 6.45) is 3.56. The van der Waals surface area contributed by atoms with E-state index in [0.717, 1.165) is 5.56 Å². The van der Waals surface area contributed by atoms with Crippen LogP contribution in [0, 0.1) is 12.7 Å². The monoisotopic (exact) mass is 400 g/mol. The minimum Gasteiger partial charge on any atom is -0.494 e. The van der Waals surface area contributed by atoms with E-state index >= 15 is 0 Å². The SMILES string of the molecule is COc1ccc(-c2[nH]n(CC=Cc3ccc(Cl)cc3)c(=O)c(=O)c2C)cc1F. The first-order chi connectivity index (χ1) is 13.4. The highest BCUT2D eigenvalue weighted by Crippen LogP contribution is 2.24. The molecule has 0 aliphatic carbocycles. The standard InChI is InChI=1S/C21H18ClFN2O3/c1-13-19(15-7-10-18(28-2)17(23)12-15)24-25(21(27)20(13)26)11-3-4-14-5-8-16(22)9-6-14/h3-10,12,24H,11H2,1-2H3. The third-order valence-electron chi connectivity index (χ3n) is 4.31. The maximum Gasteiger partial charge on any atom is 0.313 e. The maximum absolute atomic E-state index is 14.1. The van der Waals surface area contributed by atoms with Gasteiger partial charge in [-0.05, 0) is 42.8 Å². The summed E-state index contributed by atoms with van der Waals surface area (Å²) in [5, 5.41) is 3.55. The van der Waals surface area contributed by atoms with Crippen LogP contribution in [-0.4, -0.2) is 16.9 Å². The Morgan fingerprint density at radius 3 is 2.54 bits per heavy atom. The summed E-state index contributed by atoms with van der Waals surface area (Å²) < 4.78 is 20.2. The zero-order chi connectivity index (χ0) is 20.3. The van der Waals surface area contributed by atoms with Crippen LogP contribution in [0.5, 0.6) is 5.75 Å². The third-order valence-corrected chi connectivity index (χ3v) is 4.56. The van der Waals surface area contributed by atoms with Gasteiger partial charge in [-0.25, -0.2) is 9.07 Å². The Morgan fingerprint density at radius 2 is 1.89 bits per heavy atom. The van der Waals surface area contributed by atoms with Crippen molar-refractivity contribution in [2.45, 2.75) is 13.5 Å². The Hall–Kier alpha value is -3.12. The van der Waals surface area contributed by atoms with Crippen molar-refractivity contribution in [2.24, 2.45) is 0 Å². The van der Waals surface area contributed by atoms with Gasteiger partial charge in [-0.1, -0.05) is 35.9 Å². The molecule has 0 amide bonds. The van der Waals surface area contributed by atoms with E-state index in [1.165, 1.54) is 30.8 Å². The van der Waals surface area contributed by atoms with E-state index in [4.69, 9.17) is 16.3 Å². The van der Waals surface area contributed by atoms with Crippen molar-refractivity contribution in [3.8, 4) is 17.0 Å². The van der Waals surface area contributed by atoms with Gasteiger partial charge < -0.3 is 4.74 Å². The summed E-state index contributed by atoms with van der Waals surface area (Å²) in [7, 11) is 1.37. The van der Waals surface area contributed by atoms with Crippen LogP contribution in [0.1, 0.15) is 11.1 Å². The topological polar surface area (TPSA) is 64.1 Å². The van der Waals surface area contributed by atoms with E-state index in [1.807, 2.05) is 18.2 Å². The molecule has 3 rings (SSSR count). The number of halogens is 2. The van der Waals surface area contributed by atoms with Crippen LogP contribution in [0.15, 0.2) is 58.1 Å². The van der Waals surface area contributed by atoms with E-state index in [2.05, 4.69) is 5.10 Å². The average molecular weight is 401 g/mol. The first kappa shape index (κ1) is 19.6. The molecular weight excluding hydrogens is 383 g/mol. The van der Waals surface area contributed by atoms with Crippen LogP contribution in [-0.2, 0) is 6.54 Å². The fourth-order valence-electron chi connectivity index (χ4n) is 2.77. The van der Waals surface area contributed by atoms with Crippen molar-refractivity contribution in [3.63, 3.8) is 0 Å². The van der Waals surface area contributed by atoms with Crippen LogP contribution >= 0.6 is 11.6 Å². The normalized spacial score (nSPS) is 11.1. The van der Waals surface area contributed by atoms with Crippen LogP contribution in [0.3, 0.4) is 0 Å². The van der Waals surface area contributed by atoms with Gasteiger partial charge in [0.15, 0.2) is 11.6 Å². The number of benzene rings is 2. The second kappa shape index (κ2) is 8.27. The second-order valence-electron chi connectivity index (χ2n) is 6.16. The molecule has 0 saturated carbocycles. The predicted octanol–water partition coefficient (Wildman–Crippen LogP) is 4.03. The van der Waals surface area contributed by atoms with Crippen LogP contribution < -0.4 is 15.7 Å². The molecule has 0 fully saturated rings. The number of hydrogen-bond donors (Lipinski definition) is 1. The molecule has 144 valence electrons. The average Bonchev–Trinajstić information content (AvgIpc) is 2.69. The molecule has 7 heteroatoms. The van der Waals surface area contributed by atoms with Gasteiger partial charge in [-0.15, -0.1) is 0 Å². The van der Waals surface area contributed by atoms with Crippen molar-refractivity contribution in [1.82, 2.24) is 9.78 Å². The van der Waals surface area contributed by atoms with E-state index in [9.17, 15) is 14.0 Å². The molecular formula is C21H18ClFN2O3. The fourth-order valence-corrected chi connectivity index (χ4v) is 2.89. The molecule has 0 bridgehead atoms. The Morgan fingerprint density at radius 1 is 1.18 bits per heavy atom. The predicted molar refractivity (Wildman–Crippen MR) is 108 cm³/mol. The highest BCUT2D eigenvalue weighted by molar-refractivity contribution is 6.30. The highest BCUT2D eigenvalue weighted by atomic mass is 35.5. The maximum atomic E-state index is 14.1. The van der Waals surface area contributed by atoms with Gasteiger partial charge in [0, 0.05) is 16.1 Å². The van der Waals surface area contributed by atoms with Gasteiger partial charge in [-0.3, -0.25) is 14.7 Å². The summed E-state index contributed by atoms with van der Waals surface area (Å²) in [6, 6.07) is 11.6. The molecule has 0 unspecified atom stereocenters. The number of aromatic amines is 1. The second-order valence-corrected chi connectivity index (χ2v) is 6.60. The summed E-state index contributed by atoms with van der Waals surface area (Å²) in [5.74, 6) is -0.455. The van der Waals surface area contributed by atoms with Gasteiger partial charge in [0.25, 0.3) is 0 Å². The molecule has 0 saturated heterocycles. The number of aromatic nitrogens is 2. The smallest absolute Gasteiger partial charge is 0.313 e. The van der Waals surface area contributed by atoms with Gasteiger partial charge in [0.05, 0.1) is 19.3 Å². The lowest BCUT2D eigenvalue weighted by Gasteiger charge is -2.11. The molecule has 0 aliphatic heterocycles. The molecule has 1 aromatic heterocycles. The van der Waals surface area contributed by atoms with Crippen molar-refractivity contribution in [1.29, 1.82) is 0 Å². The zero-order valence-corrected chi connectivity index (χ0v) is 16.1. The van der Waals surface area contributed by atoms with E-state index in [1.54, 1.807) is 24.3 Å². The molecule has 0 aliphatic rings. The molecule has 2 aromatic carbocycles. The van der Waals surface area contributed by atoms with Gasteiger partial charge >= 0.3 is 5.56 Å². The number of allylic oxidation sites excluding steroid dienone is 1. The van der Waals surface area contributed by atoms with Crippen molar-refractivity contribution < 1.29 is 9.13 Å². The lowest BCUT2D eigenvalue weighted by molar-refractivity contribution is 0.386. The number of nitrogens with zero attached hydrogens (tertiary/aromatic N) is 1. The van der Waals surface area contributed by atoms with Crippen molar-refractivity contribution in [2.75, 3.05) is 7.11 Å². The van der Waals surface area contributed by atoms with Gasteiger partial charge in [0.2, 0.25) is 5.43 Å². The highest BCUT2D eigenvalue weighted by Gasteiger charge is 2.13. The lowest BCUT2D eigenvalue weighted by atomic mass is 10.1. The van der Waals surface area contributed by atoms with Gasteiger partial charge in [0.1, 0.15) is 0 Å². The molecule has 3 aromatic rings. The molecule has 1 N–H and O–H groups in total. The third kappa shape index (κ3) is 4.07. The first-order valence-corrected chi connectivity index (χ1v) is 8.88. The van der Waals surface area contributed by atoms with E-state index < -0.39 is 16.8 Å². The molecule has 0 atom stereocenters. The summed E-state index contributed by atoms with van der Waals surface area (Å²) in [4.78, 5) is 24.7. The fraction of sp³-hybridized carbons (Fsp3) is 0.143. The number of hydrogen-bond acceptors (Lipinski definition) is 3. The first-order valence-electron chi connectivity index (χ1n) is 8.50. The Kier molecular flexibility index (Phi) is 5.80. The minimum absolute atomic E-state index is 0.1000. The van der Waals surface area contributed by atoms with Crippen LogP contribution in [0.2, 0.25) is 5.02 Å². The number of nitrogens with one attached hydrogen (secondary N) is 1. The molecule has 0 radical (unpaired) electrons. The van der Waals surface area contributed by atoms with Crippen LogP contribution in [0.4, 0.5) is 4.39 Å². The van der Waals surface area contributed by atoms with Crippen molar-refractivity contribution in [3.05, 3.63) is 91.1 Å². The lowest BCUT2D eigenvalue weighted by Crippen LogP contribution is -2.37. The molecule has 1 heterocycles. The quantitative estimate of drug-likeness (QED) is 0.658. The molecule has 5 nitrogen and oxygen atoms in total. The van der Waals surface area contributed by atoms with E-state index in [-0.39, 0.29) is 17.9 Å². The zero-order valence-electron chi connectivity index (χ0n) is 15.3. The van der Waals surface area contributed by atoms with Gasteiger partial charge in [-0.2, -0.15) is 0 Å². The Balaban J connectivity index is 1.96. The largest absolute Gasteiger partial charge is 0.494 e. The number of rotatable bonds is 5. The van der Waals surface area contributed by atoms with Crippen molar-refractivity contribution >= 4 is 17.7 Å². The summed E-state index contributed by atoms with van der Waals surface area (Å²) in [5.41, 5.74) is 0.659. The Labute approximate surface area is 165 Å². The summed E-state index contributed by atoms with van der Waals surface area (Å²) in [6.45, 7) is 1.69.